The fourth-order valence-electron chi connectivity index (χ4n) is 1.27. The van der Waals surface area contributed by atoms with E-state index in [-0.39, 0.29) is 5.75 Å². The van der Waals surface area contributed by atoms with Gasteiger partial charge in [-0.15, -0.1) is 0 Å². The number of aromatic hydroxyl groups is 1. The molecule has 13 heavy (non-hydrogen) atoms. The van der Waals surface area contributed by atoms with Gasteiger partial charge in [-0.25, -0.2) is 0 Å². The monoisotopic (exact) mass is 182 g/mol. The lowest BCUT2D eigenvalue weighted by atomic mass is 10.1. The first-order valence-electron chi connectivity index (χ1n) is 4.03. The van der Waals surface area contributed by atoms with Crippen LogP contribution in [0.15, 0.2) is 6.07 Å². The topological polar surface area (TPSA) is 38.7 Å². The minimum Gasteiger partial charge on any atom is -0.507 e. The van der Waals surface area contributed by atoms with E-state index < -0.39 is 0 Å². The van der Waals surface area contributed by atoms with Crippen LogP contribution in [0, 0.1) is 13.8 Å². The van der Waals surface area contributed by atoms with Gasteiger partial charge in [-0.05, 0) is 13.8 Å². The first kappa shape index (κ1) is 9.71. The smallest absolute Gasteiger partial charge is 0.129 e. The van der Waals surface area contributed by atoms with E-state index in [1.807, 2.05) is 0 Å². The molecule has 72 valence electrons. The van der Waals surface area contributed by atoms with E-state index in [0.29, 0.717) is 11.5 Å². The van der Waals surface area contributed by atoms with Gasteiger partial charge in [0, 0.05) is 17.2 Å². The highest BCUT2D eigenvalue weighted by atomic mass is 16.5. The van der Waals surface area contributed by atoms with Crippen molar-refractivity contribution in [3.05, 3.63) is 17.2 Å². The number of methoxy groups -OCH3 is 2. The van der Waals surface area contributed by atoms with Gasteiger partial charge in [0.15, 0.2) is 0 Å². The molecular weight excluding hydrogens is 168 g/mol. The fourth-order valence-corrected chi connectivity index (χ4v) is 1.27. The lowest BCUT2D eigenvalue weighted by Gasteiger charge is -2.12. The van der Waals surface area contributed by atoms with Gasteiger partial charge in [0.2, 0.25) is 0 Å². The van der Waals surface area contributed by atoms with Gasteiger partial charge in [-0.2, -0.15) is 0 Å². The summed E-state index contributed by atoms with van der Waals surface area (Å²) in [6.45, 7) is 3.61. The average molecular weight is 182 g/mol. The van der Waals surface area contributed by atoms with Crippen LogP contribution in [0.5, 0.6) is 17.2 Å². The van der Waals surface area contributed by atoms with Crippen LogP contribution in [0.4, 0.5) is 0 Å². The second kappa shape index (κ2) is 3.56. The second-order valence-electron chi connectivity index (χ2n) is 2.88. The molecule has 0 fully saturated rings. The molecule has 0 heterocycles. The Hall–Kier alpha value is -1.38. The number of rotatable bonds is 2. The standard InChI is InChI=1S/C10H14O3/c1-6-8(12-3)5-9(13-4)7(2)10(6)11/h5,11H,1-4H3. The van der Waals surface area contributed by atoms with Crippen LogP contribution in [-0.4, -0.2) is 19.3 Å². The van der Waals surface area contributed by atoms with E-state index in [0.717, 1.165) is 11.1 Å². The Bertz CT molecular complexity index is 290. The number of hydrogen-bond donors (Lipinski definition) is 1. The second-order valence-corrected chi connectivity index (χ2v) is 2.88. The van der Waals surface area contributed by atoms with Gasteiger partial charge in [0.05, 0.1) is 14.2 Å². The Morgan fingerprint density at radius 1 is 1.00 bits per heavy atom. The van der Waals surface area contributed by atoms with Crippen molar-refractivity contribution in [1.29, 1.82) is 0 Å². The lowest BCUT2D eigenvalue weighted by Crippen LogP contribution is -1.93. The molecular formula is C10H14O3. The summed E-state index contributed by atoms with van der Waals surface area (Å²) in [6.07, 6.45) is 0. The van der Waals surface area contributed by atoms with Crippen LogP contribution >= 0.6 is 0 Å². The van der Waals surface area contributed by atoms with Crippen molar-refractivity contribution in [2.75, 3.05) is 14.2 Å². The van der Waals surface area contributed by atoms with Crippen molar-refractivity contribution in [2.45, 2.75) is 13.8 Å². The summed E-state index contributed by atoms with van der Waals surface area (Å²) in [5.74, 6) is 1.51. The summed E-state index contributed by atoms with van der Waals surface area (Å²) < 4.78 is 10.2. The van der Waals surface area contributed by atoms with Crippen LogP contribution in [-0.2, 0) is 0 Å². The van der Waals surface area contributed by atoms with Crippen LogP contribution < -0.4 is 9.47 Å². The number of phenolic OH excluding ortho intramolecular Hbond substituents is 1. The lowest BCUT2D eigenvalue weighted by molar-refractivity contribution is 0.378. The maximum absolute atomic E-state index is 9.67. The van der Waals surface area contributed by atoms with E-state index in [1.165, 1.54) is 0 Å². The highest BCUT2D eigenvalue weighted by molar-refractivity contribution is 5.55. The molecule has 1 rings (SSSR count). The predicted molar refractivity (Wildman–Crippen MR) is 50.7 cm³/mol. The number of ether oxygens (including phenoxy) is 2. The predicted octanol–water partition coefficient (Wildman–Crippen LogP) is 2.03. The van der Waals surface area contributed by atoms with Gasteiger partial charge in [0.1, 0.15) is 17.2 Å². The Balaban J connectivity index is 3.36. The zero-order chi connectivity index (χ0) is 10.0. The average Bonchev–Trinajstić information content (AvgIpc) is 2.15. The van der Waals surface area contributed by atoms with E-state index in [1.54, 1.807) is 34.1 Å². The molecule has 0 saturated heterocycles. The Morgan fingerprint density at radius 2 is 1.38 bits per heavy atom. The Kier molecular flexibility index (Phi) is 2.66. The van der Waals surface area contributed by atoms with Gasteiger partial charge in [0.25, 0.3) is 0 Å². The molecule has 0 amide bonds. The zero-order valence-electron chi connectivity index (χ0n) is 8.34. The van der Waals surface area contributed by atoms with E-state index in [9.17, 15) is 5.11 Å². The molecule has 0 atom stereocenters. The Morgan fingerprint density at radius 3 is 1.69 bits per heavy atom. The minimum absolute atomic E-state index is 0.233. The third kappa shape index (κ3) is 1.54. The van der Waals surface area contributed by atoms with Crippen LogP contribution in [0.2, 0.25) is 0 Å². The molecule has 0 spiro atoms. The van der Waals surface area contributed by atoms with Gasteiger partial charge < -0.3 is 14.6 Å². The largest absolute Gasteiger partial charge is 0.507 e. The van der Waals surface area contributed by atoms with E-state index in [2.05, 4.69) is 0 Å². The summed E-state index contributed by atoms with van der Waals surface area (Å²) in [6, 6.07) is 1.77. The van der Waals surface area contributed by atoms with Crippen molar-refractivity contribution < 1.29 is 14.6 Å². The molecule has 3 heteroatoms. The molecule has 0 aromatic heterocycles. The molecule has 0 aliphatic carbocycles. The van der Waals surface area contributed by atoms with Crippen molar-refractivity contribution in [2.24, 2.45) is 0 Å². The molecule has 0 aliphatic heterocycles. The van der Waals surface area contributed by atoms with Crippen LogP contribution in [0.1, 0.15) is 11.1 Å². The molecule has 0 radical (unpaired) electrons. The van der Waals surface area contributed by atoms with Gasteiger partial charge >= 0.3 is 0 Å². The highest BCUT2D eigenvalue weighted by Gasteiger charge is 2.11. The molecule has 0 aliphatic rings. The van der Waals surface area contributed by atoms with Gasteiger partial charge in [-0.1, -0.05) is 0 Å². The molecule has 1 aromatic rings. The third-order valence-electron chi connectivity index (χ3n) is 2.15. The minimum atomic E-state index is 0.233. The molecule has 1 aromatic carbocycles. The van der Waals surface area contributed by atoms with Crippen molar-refractivity contribution >= 4 is 0 Å². The quantitative estimate of drug-likeness (QED) is 0.760. The number of phenols is 1. The molecule has 1 N–H and O–H groups in total. The van der Waals surface area contributed by atoms with E-state index >= 15 is 0 Å². The van der Waals surface area contributed by atoms with Crippen molar-refractivity contribution in [3.63, 3.8) is 0 Å². The summed E-state index contributed by atoms with van der Waals surface area (Å²) in [7, 11) is 3.13. The van der Waals surface area contributed by atoms with E-state index in [4.69, 9.17) is 9.47 Å². The molecule has 0 unspecified atom stereocenters. The maximum Gasteiger partial charge on any atom is 0.129 e. The van der Waals surface area contributed by atoms with Crippen molar-refractivity contribution in [3.8, 4) is 17.2 Å². The van der Waals surface area contributed by atoms with Crippen molar-refractivity contribution in [1.82, 2.24) is 0 Å². The SMILES string of the molecule is COc1cc(OC)c(C)c(O)c1C. The van der Waals surface area contributed by atoms with Crippen LogP contribution in [0.25, 0.3) is 0 Å². The highest BCUT2D eigenvalue weighted by Crippen LogP contribution is 2.36. The summed E-state index contributed by atoms with van der Waals surface area (Å²) >= 11 is 0. The molecule has 0 saturated carbocycles. The molecule has 3 nitrogen and oxygen atoms in total. The Labute approximate surface area is 77.9 Å². The molecule has 0 bridgehead atoms. The maximum atomic E-state index is 9.67. The first-order chi connectivity index (χ1) is 6.11. The number of hydrogen-bond acceptors (Lipinski definition) is 3. The van der Waals surface area contributed by atoms with Crippen LogP contribution in [0.3, 0.4) is 0 Å². The first-order valence-corrected chi connectivity index (χ1v) is 4.03. The summed E-state index contributed by atoms with van der Waals surface area (Å²) in [5.41, 5.74) is 1.47. The zero-order valence-corrected chi connectivity index (χ0v) is 8.34. The fraction of sp³-hybridized carbons (Fsp3) is 0.400. The summed E-state index contributed by atoms with van der Waals surface area (Å²) in [5, 5.41) is 9.67. The van der Waals surface area contributed by atoms with Gasteiger partial charge in [-0.3, -0.25) is 0 Å². The number of benzene rings is 1. The normalized spacial score (nSPS) is 9.85. The third-order valence-corrected chi connectivity index (χ3v) is 2.15. The summed E-state index contributed by atoms with van der Waals surface area (Å²) in [4.78, 5) is 0.